The molecule has 7 nitrogen and oxygen atoms in total. The molecule has 1 aromatic heterocycles. The van der Waals surface area contributed by atoms with Gasteiger partial charge in [0.05, 0.1) is 6.54 Å². The summed E-state index contributed by atoms with van der Waals surface area (Å²) in [6, 6.07) is 8.48. The fraction of sp³-hybridized carbons (Fsp3) is 0.200. The first kappa shape index (κ1) is 17.5. The number of carbonyl (C=O) groups excluding carboxylic acids is 1. The van der Waals surface area contributed by atoms with Crippen LogP contribution in [-0.2, 0) is 11.5 Å². The molecule has 24 heavy (non-hydrogen) atoms. The normalized spacial score (nSPS) is 10.0. The highest BCUT2D eigenvalue weighted by Crippen LogP contribution is 2.23. The minimum atomic E-state index is -0.606. The lowest BCUT2D eigenvalue weighted by Crippen LogP contribution is -2.23. The number of nitrogen functional groups attached to an aromatic ring is 1. The van der Waals surface area contributed by atoms with Crippen molar-refractivity contribution >= 4 is 35.1 Å². The molecular weight excluding hydrogens is 331 g/mol. The minimum absolute atomic E-state index is 0.0110. The number of rotatable bonds is 6. The first-order chi connectivity index (χ1) is 11.6. The molecule has 0 aliphatic heterocycles. The third-order valence-electron chi connectivity index (χ3n) is 2.98. The molecule has 0 saturated carbocycles. The summed E-state index contributed by atoms with van der Waals surface area (Å²) in [5, 5.41) is 15.1. The van der Waals surface area contributed by atoms with Crippen LogP contribution in [0.2, 0.25) is 0 Å². The van der Waals surface area contributed by atoms with E-state index >= 15 is 0 Å². The van der Waals surface area contributed by atoms with E-state index in [-0.39, 0.29) is 29.8 Å². The molecule has 0 aliphatic rings. The number of hydrogen-bond acceptors (Lipinski definition) is 7. The van der Waals surface area contributed by atoms with Crippen molar-refractivity contribution in [3.63, 3.8) is 0 Å². The van der Waals surface area contributed by atoms with Crippen molar-refractivity contribution in [3.05, 3.63) is 35.4 Å². The number of alkyl halides is 1. The number of thioether (sulfide) groups is 1. The maximum atomic E-state index is 12.6. The van der Waals surface area contributed by atoms with Crippen molar-refractivity contribution < 1.29 is 9.18 Å². The average Bonchev–Trinajstić information content (AvgIpc) is 2.59. The summed E-state index contributed by atoms with van der Waals surface area (Å²) in [5.74, 6) is -0.156. The molecule has 124 valence electrons. The number of aromatic nitrogens is 2. The van der Waals surface area contributed by atoms with Crippen LogP contribution < -0.4 is 16.4 Å². The Hall–Kier alpha value is -2.86. The third-order valence-corrected chi connectivity index (χ3v) is 3.66. The Labute approximate surface area is 142 Å². The number of nitrogens with two attached hydrogens (primary N) is 1. The number of nitriles is 1. The Kier molecular flexibility index (Phi) is 5.92. The summed E-state index contributed by atoms with van der Waals surface area (Å²) in [6.07, 6.45) is 1.76. The minimum Gasteiger partial charge on any atom is -0.368 e. The van der Waals surface area contributed by atoms with Crippen molar-refractivity contribution in [1.29, 1.82) is 5.26 Å². The highest BCUT2D eigenvalue weighted by molar-refractivity contribution is 7.98. The van der Waals surface area contributed by atoms with Crippen molar-refractivity contribution in [2.24, 2.45) is 0 Å². The predicted octanol–water partition coefficient (Wildman–Crippen LogP) is 2.17. The molecule has 0 fully saturated rings. The van der Waals surface area contributed by atoms with Gasteiger partial charge in [0.25, 0.3) is 0 Å². The molecule has 0 unspecified atom stereocenters. The van der Waals surface area contributed by atoms with Crippen molar-refractivity contribution in [3.8, 4) is 6.07 Å². The number of amides is 1. The fourth-order valence-electron chi connectivity index (χ4n) is 1.93. The van der Waals surface area contributed by atoms with Crippen LogP contribution in [-0.4, -0.2) is 28.7 Å². The molecule has 2 aromatic rings. The number of benzene rings is 1. The molecule has 9 heteroatoms. The van der Waals surface area contributed by atoms with E-state index in [0.29, 0.717) is 16.3 Å². The van der Waals surface area contributed by atoms with Gasteiger partial charge in [-0.1, -0.05) is 12.1 Å². The van der Waals surface area contributed by atoms with Crippen LogP contribution in [0, 0.1) is 11.3 Å². The summed E-state index contributed by atoms with van der Waals surface area (Å²) in [4.78, 5) is 19.9. The number of nitrogens with zero attached hydrogens (tertiary/aromatic N) is 3. The van der Waals surface area contributed by atoms with Crippen LogP contribution in [0.25, 0.3) is 0 Å². The summed E-state index contributed by atoms with van der Waals surface area (Å²) in [7, 11) is 0. The average molecular weight is 346 g/mol. The summed E-state index contributed by atoms with van der Waals surface area (Å²) in [5.41, 5.74) is 6.79. The van der Waals surface area contributed by atoms with Gasteiger partial charge in [-0.15, -0.1) is 11.8 Å². The van der Waals surface area contributed by atoms with E-state index in [0.717, 1.165) is 0 Å². The van der Waals surface area contributed by atoms with Crippen LogP contribution in [0.15, 0.2) is 29.3 Å². The molecular formula is C15H15FN6OS. The molecule has 0 bridgehead atoms. The summed E-state index contributed by atoms with van der Waals surface area (Å²) in [6.45, 7) is -0.732. The zero-order valence-corrected chi connectivity index (χ0v) is 13.7. The lowest BCUT2D eigenvalue weighted by molar-refractivity contribution is -0.114. The molecule has 0 spiro atoms. The zero-order chi connectivity index (χ0) is 17.5. The highest BCUT2D eigenvalue weighted by Gasteiger charge is 2.13. The Morgan fingerprint density at radius 1 is 1.46 bits per heavy atom. The predicted molar refractivity (Wildman–Crippen MR) is 91.3 cm³/mol. The first-order valence-corrected chi connectivity index (χ1v) is 8.10. The molecule has 4 N–H and O–H groups in total. The van der Waals surface area contributed by atoms with Crippen LogP contribution >= 0.6 is 11.8 Å². The Morgan fingerprint density at radius 3 is 2.92 bits per heavy atom. The second-order valence-electron chi connectivity index (χ2n) is 4.66. The maximum absolute atomic E-state index is 12.6. The number of anilines is 3. The number of hydrogen-bond donors (Lipinski definition) is 3. The third kappa shape index (κ3) is 4.33. The summed E-state index contributed by atoms with van der Waals surface area (Å²) < 4.78 is 12.6. The van der Waals surface area contributed by atoms with Gasteiger partial charge in [-0.2, -0.15) is 10.2 Å². The lowest BCUT2D eigenvalue weighted by Gasteiger charge is -2.10. The molecule has 0 saturated heterocycles. The quantitative estimate of drug-likeness (QED) is 0.542. The Morgan fingerprint density at radius 2 is 2.25 bits per heavy atom. The molecule has 1 amide bonds. The zero-order valence-electron chi connectivity index (χ0n) is 12.8. The number of nitrogens with one attached hydrogen (secondary N) is 2. The van der Waals surface area contributed by atoms with E-state index in [2.05, 4.69) is 20.6 Å². The van der Waals surface area contributed by atoms with E-state index < -0.39 is 6.67 Å². The first-order valence-electron chi connectivity index (χ1n) is 6.87. The molecule has 1 aromatic carbocycles. The number of carbonyl (C=O) groups is 1. The van der Waals surface area contributed by atoms with E-state index in [1.807, 2.05) is 6.07 Å². The van der Waals surface area contributed by atoms with Crippen molar-refractivity contribution in [2.75, 3.05) is 29.2 Å². The summed E-state index contributed by atoms with van der Waals surface area (Å²) >= 11 is 1.26. The standard InChI is InChI=1S/C15H15FN6OS/c1-24-14-11(7-17)13(21-15(18)22-14)19-8-12(23)20-10-4-2-3-9(5-10)6-16/h2-5H,6,8H2,1H3,(H,20,23)(H3,18,19,21,22). The van der Waals surface area contributed by atoms with Gasteiger partial charge in [-0.3, -0.25) is 4.79 Å². The van der Waals surface area contributed by atoms with Crippen LogP contribution in [0.4, 0.5) is 21.8 Å². The molecule has 0 radical (unpaired) electrons. The van der Waals surface area contributed by atoms with Crippen LogP contribution in [0.1, 0.15) is 11.1 Å². The van der Waals surface area contributed by atoms with Gasteiger partial charge < -0.3 is 16.4 Å². The van der Waals surface area contributed by atoms with Gasteiger partial charge >= 0.3 is 0 Å². The molecule has 0 aliphatic carbocycles. The van der Waals surface area contributed by atoms with E-state index in [1.54, 1.807) is 30.5 Å². The van der Waals surface area contributed by atoms with Crippen molar-refractivity contribution in [2.45, 2.75) is 11.7 Å². The van der Waals surface area contributed by atoms with E-state index in [9.17, 15) is 14.4 Å². The second kappa shape index (κ2) is 8.12. The van der Waals surface area contributed by atoms with Gasteiger partial charge in [0.1, 0.15) is 23.3 Å². The van der Waals surface area contributed by atoms with E-state index in [1.165, 1.54) is 11.8 Å². The largest absolute Gasteiger partial charge is 0.368 e. The van der Waals surface area contributed by atoms with Crippen molar-refractivity contribution in [1.82, 2.24) is 9.97 Å². The maximum Gasteiger partial charge on any atom is 0.243 e. The Balaban J connectivity index is 2.06. The molecule has 0 atom stereocenters. The van der Waals surface area contributed by atoms with E-state index in [4.69, 9.17) is 5.73 Å². The highest BCUT2D eigenvalue weighted by atomic mass is 32.2. The monoisotopic (exact) mass is 346 g/mol. The van der Waals surface area contributed by atoms with Gasteiger partial charge in [0.15, 0.2) is 5.82 Å². The molecule has 1 heterocycles. The lowest BCUT2D eigenvalue weighted by atomic mass is 10.2. The SMILES string of the molecule is CSc1nc(N)nc(NCC(=O)Nc2cccc(CF)c2)c1C#N. The Bertz CT molecular complexity index is 792. The van der Waals surface area contributed by atoms with Crippen LogP contribution in [0.5, 0.6) is 0 Å². The second-order valence-corrected chi connectivity index (χ2v) is 5.46. The fourth-order valence-corrected chi connectivity index (χ4v) is 2.47. The van der Waals surface area contributed by atoms with Gasteiger partial charge in [0, 0.05) is 5.69 Å². The topological polar surface area (TPSA) is 117 Å². The van der Waals surface area contributed by atoms with Crippen LogP contribution in [0.3, 0.4) is 0 Å². The molecule has 2 rings (SSSR count). The number of halogens is 1. The smallest absolute Gasteiger partial charge is 0.243 e. The van der Waals surface area contributed by atoms with Gasteiger partial charge in [-0.25, -0.2) is 9.37 Å². The van der Waals surface area contributed by atoms with Gasteiger partial charge in [0.2, 0.25) is 11.9 Å². The van der Waals surface area contributed by atoms with Gasteiger partial charge in [-0.05, 0) is 24.0 Å².